The molecule has 0 aliphatic heterocycles. The molecule has 4 nitrogen and oxygen atoms in total. The van der Waals surface area contributed by atoms with Crippen LogP contribution in [0.25, 0.3) is 61.6 Å². The van der Waals surface area contributed by atoms with Gasteiger partial charge in [-0.05, 0) is 47.5 Å². The van der Waals surface area contributed by atoms with Gasteiger partial charge in [0, 0.05) is 38.6 Å². The molecule has 5 heteroatoms. The van der Waals surface area contributed by atoms with Crippen LogP contribution in [0.15, 0.2) is 140 Å². The SMILES string of the molecule is [2H]c1nc(-c2[c-]c(-c3cccc4c3nc(-c3ccccc3O)n4-c3ccccc3)ccc2)c([2H])c(-c2ccccc2)c1[2H].[Pt]. The van der Waals surface area contributed by atoms with Crippen LogP contribution in [0.4, 0.5) is 0 Å². The van der Waals surface area contributed by atoms with Gasteiger partial charge in [-0.1, -0.05) is 90.0 Å². The third-order valence-electron chi connectivity index (χ3n) is 6.84. The minimum Gasteiger partial charge on any atom is -0.507 e. The fourth-order valence-electron chi connectivity index (χ4n) is 4.96. The predicted octanol–water partition coefficient (Wildman–Crippen LogP) is 8.59. The number of rotatable bonds is 5. The van der Waals surface area contributed by atoms with Crippen molar-refractivity contribution < 1.29 is 30.3 Å². The first-order chi connectivity index (χ1) is 21.0. The Labute approximate surface area is 257 Å². The van der Waals surface area contributed by atoms with Gasteiger partial charge in [0.05, 0.1) is 20.7 Å². The van der Waals surface area contributed by atoms with E-state index in [0.29, 0.717) is 33.8 Å². The Kier molecular flexibility index (Phi) is 6.37. The van der Waals surface area contributed by atoms with Crippen molar-refractivity contribution in [2.24, 2.45) is 0 Å². The number of phenolic OH excluding ortho intramolecular Hbond substituents is 1. The van der Waals surface area contributed by atoms with Crippen molar-refractivity contribution in [3.8, 4) is 56.3 Å². The largest absolute Gasteiger partial charge is 0.507 e. The summed E-state index contributed by atoms with van der Waals surface area (Å²) in [5, 5.41) is 10.8. The van der Waals surface area contributed by atoms with Crippen molar-refractivity contribution in [1.29, 1.82) is 0 Å². The molecule has 7 aromatic rings. The molecule has 41 heavy (non-hydrogen) atoms. The first kappa shape index (κ1) is 23.0. The van der Waals surface area contributed by atoms with Crippen LogP contribution >= 0.6 is 0 Å². The van der Waals surface area contributed by atoms with Crippen molar-refractivity contribution in [2.75, 3.05) is 0 Å². The number of benzene rings is 5. The van der Waals surface area contributed by atoms with Crippen molar-refractivity contribution in [1.82, 2.24) is 14.5 Å². The summed E-state index contributed by atoms with van der Waals surface area (Å²) in [7, 11) is 0. The van der Waals surface area contributed by atoms with Crippen molar-refractivity contribution >= 4 is 11.0 Å². The zero-order valence-electron chi connectivity index (χ0n) is 24.7. The molecule has 0 spiro atoms. The van der Waals surface area contributed by atoms with E-state index in [1.54, 1.807) is 12.1 Å². The zero-order chi connectivity index (χ0) is 29.5. The van der Waals surface area contributed by atoms with Crippen LogP contribution in [0.3, 0.4) is 0 Å². The Balaban J connectivity index is 0.00000343. The van der Waals surface area contributed by atoms with E-state index in [0.717, 1.165) is 27.8 Å². The number of pyridine rings is 1. The monoisotopic (exact) mass is 712 g/mol. The number of hydrogen-bond acceptors (Lipinski definition) is 3. The maximum Gasteiger partial charge on any atom is 0.148 e. The standard InChI is InChI=1S/C36H24N3O.Pt/c40-34-20-8-7-17-31(34)36-38-35-30(18-10-19-33(35)39(36)29-15-5-2-6-16-29)27-13-9-14-28(23-27)32-24-26(21-22-37-32)25-11-3-1-4-12-25;/h1-22,24,40H;/q-1;/i21D,22D,24D;. The molecule has 200 valence electrons. The molecule has 0 radical (unpaired) electrons. The predicted molar refractivity (Wildman–Crippen MR) is 161 cm³/mol. The summed E-state index contributed by atoms with van der Waals surface area (Å²) < 4.78 is 27.9. The summed E-state index contributed by atoms with van der Waals surface area (Å²) in [6.45, 7) is 0. The Morgan fingerprint density at radius 2 is 1.37 bits per heavy atom. The fraction of sp³-hybridized carbons (Fsp3) is 0. The molecule has 0 saturated carbocycles. The van der Waals surface area contributed by atoms with Gasteiger partial charge in [0.15, 0.2) is 0 Å². The van der Waals surface area contributed by atoms with E-state index >= 15 is 0 Å². The molecule has 0 bridgehead atoms. The third kappa shape index (κ3) is 4.99. The van der Waals surface area contributed by atoms with Crippen LogP contribution in [0.5, 0.6) is 5.75 Å². The topological polar surface area (TPSA) is 50.9 Å². The Morgan fingerprint density at radius 1 is 0.683 bits per heavy atom. The summed E-state index contributed by atoms with van der Waals surface area (Å²) in [4.78, 5) is 9.42. The number of hydrogen-bond donors (Lipinski definition) is 1. The van der Waals surface area contributed by atoms with Crippen molar-refractivity contribution in [3.63, 3.8) is 0 Å². The van der Waals surface area contributed by atoms with Crippen LogP contribution < -0.4 is 0 Å². The van der Waals surface area contributed by atoms with Crippen LogP contribution in [0.1, 0.15) is 4.11 Å². The number of fused-ring (bicyclic) bond motifs is 1. The van der Waals surface area contributed by atoms with Crippen LogP contribution in [-0.4, -0.2) is 19.6 Å². The van der Waals surface area contributed by atoms with Gasteiger partial charge < -0.3 is 5.11 Å². The molecule has 2 heterocycles. The number of imidazole rings is 1. The second-order valence-corrected chi connectivity index (χ2v) is 9.34. The van der Waals surface area contributed by atoms with Gasteiger partial charge in [0.1, 0.15) is 11.6 Å². The molecule has 0 aliphatic carbocycles. The quantitative estimate of drug-likeness (QED) is 0.182. The number of para-hydroxylation sites is 3. The van der Waals surface area contributed by atoms with Gasteiger partial charge in [0.25, 0.3) is 0 Å². The van der Waals surface area contributed by atoms with Gasteiger partial charge in [0.2, 0.25) is 0 Å². The summed E-state index contributed by atoms with van der Waals surface area (Å²) in [5.74, 6) is 0.743. The van der Waals surface area contributed by atoms with E-state index in [1.807, 2.05) is 114 Å². The second kappa shape index (κ2) is 11.4. The maximum absolute atomic E-state index is 10.8. The van der Waals surface area contributed by atoms with Gasteiger partial charge in [-0.3, -0.25) is 9.55 Å². The van der Waals surface area contributed by atoms with Crippen molar-refractivity contribution in [3.05, 3.63) is 146 Å². The number of aromatic hydroxyl groups is 1. The van der Waals surface area contributed by atoms with Gasteiger partial charge in [-0.2, -0.15) is 0 Å². The zero-order valence-corrected chi connectivity index (χ0v) is 23.9. The minimum atomic E-state index is -0.195. The van der Waals surface area contributed by atoms with E-state index in [2.05, 4.69) is 11.1 Å². The number of aromatic nitrogens is 3. The molecule has 0 aliphatic rings. The van der Waals surface area contributed by atoms with E-state index in [9.17, 15) is 5.11 Å². The molecule has 0 unspecified atom stereocenters. The molecule has 2 aromatic heterocycles. The number of phenols is 1. The third-order valence-corrected chi connectivity index (χ3v) is 6.84. The van der Waals surface area contributed by atoms with Crippen LogP contribution in [0.2, 0.25) is 0 Å². The van der Waals surface area contributed by atoms with E-state index in [-0.39, 0.29) is 45.1 Å². The summed E-state index contributed by atoms with van der Waals surface area (Å²) in [6, 6.07) is 41.3. The van der Waals surface area contributed by atoms with Gasteiger partial charge in [-0.15, -0.1) is 29.8 Å². The first-order valence-corrected chi connectivity index (χ1v) is 12.9. The van der Waals surface area contributed by atoms with Gasteiger partial charge in [-0.25, -0.2) is 4.98 Å². The van der Waals surface area contributed by atoms with Gasteiger partial charge >= 0.3 is 0 Å². The Hall–Kier alpha value is -4.79. The molecular weight excluding hydrogens is 685 g/mol. The van der Waals surface area contributed by atoms with Crippen LogP contribution in [-0.2, 0) is 21.1 Å². The normalized spacial score (nSPS) is 11.9. The molecule has 7 rings (SSSR count). The molecule has 0 atom stereocenters. The van der Waals surface area contributed by atoms with Crippen molar-refractivity contribution in [2.45, 2.75) is 0 Å². The molecule has 0 fully saturated rings. The molecule has 0 saturated heterocycles. The summed E-state index contributed by atoms with van der Waals surface area (Å²) in [5.41, 5.74) is 6.58. The van der Waals surface area contributed by atoms with E-state index < -0.39 is 0 Å². The average Bonchev–Trinajstić information content (AvgIpc) is 3.44. The van der Waals surface area contributed by atoms with E-state index in [1.165, 1.54) is 0 Å². The minimum absolute atomic E-state index is 0. The Bertz CT molecular complexity index is 2130. The van der Waals surface area contributed by atoms with E-state index in [4.69, 9.17) is 9.10 Å². The molecule has 1 N–H and O–H groups in total. The second-order valence-electron chi connectivity index (χ2n) is 9.34. The summed E-state index contributed by atoms with van der Waals surface area (Å²) in [6.07, 6.45) is -0.195. The molecule has 5 aromatic carbocycles. The maximum atomic E-state index is 10.8. The first-order valence-electron chi connectivity index (χ1n) is 14.4. The Morgan fingerprint density at radius 3 is 2.17 bits per heavy atom. The summed E-state index contributed by atoms with van der Waals surface area (Å²) >= 11 is 0. The van der Waals surface area contributed by atoms with Crippen LogP contribution in [0, 0.1) is 6.07 Å². The smallest absolute Gasteiger partial charge is 0.148 e. The molecule has 0 amide bonds. The number of nitrogens with zero attached hydrogens (tertiary/aromatic N) is 3. The average molecular weight is 713 g/mol. The fourth-order valence-corrected chi connectivity index (χ4v) is 4.96. The molecular formula is C36H24N3OPt-.